The number of hydrogen-bond acceptors (Lipinski definition) is 2. The zero-order chi connectivity index (χ0) is 12.2. The molecule has 0 aromatic carbocycles. The predicted molar refractivity (Wildman–Crippen MR) is 71.6 cm³/mol. The third-order valence-electron chi connectivity index (χ3n) is 4.04. The van der Waals surface area contributed by atoms with Gasteiger partial charge in [-0.1, -0.05) is 47.0 Å². The molecule has 0 aliphatic heterocycles. The number of nitrogens with zero attached hydrogens (tertiary/aromatic N) is 1. The Labute approximate surface area is 102 Å². The zero-order valence-corrected chi connectivity index (χ0v) is 11.6. The smallest absolute Gasteiger partial charge is 0.0217 e. The van der Waals surface area contributed by atoms with Crippen molar-refractivity contribution in [3.05, 3.63) is 0 Å². The van der Waals surface area contributed by atoms with Gasteiger partial charge < -0.3 is 5.73 Å². The van der Waals surface area contributed by atoms with E-state index in [1.54, 1.807) is 0 Å². The molecule has 2 N–H and O–H groups in total. The SMILES string of the molecule is CCN(CC(N)C(C)(C)C)C1CCCCC1. The molecule has 2 heteroatoms. The van der Waals surface area contributed by atoms with Crippen LogP contribution in [0.4, 0.5) is 0 Å². The number of hydrogen-bond donors (Lipinski definition) is 1. The molecule has 1 saturated carbocycles. The van der Waals surface area contributed by atoms with Crippen LogP contribution in [-0.4, -0.2) is 30.1 Å². The molecule has 96 valence electrons. The third kappa shape index (κ3) is 4.06. The van der Waals surface area contributed by atoms with Crippen molar-refractivity contribution < 1.29 is 0 Å². The van der Waals surface area contributed by atoms with Gasteiger partial charge in [-0.25, -0.2) is 0 Å². The van der Waals surface area contributed by atoms with Crippen molar-refractivity contribution in [2.24, 2.45) is 11.1 Å². The highest BCUT2D eigenvalue weighted by atomic mass is 15.2. The van der Waals surface area contributed by atoms with Gasteiger partial charge in [-0.15, -0.1) is 0 Å². The normalized spacial score (nSPS) is 21.4. The van der Waals surface area contributed by atoms with E-state index in [0.29, 0.717) is 0 Å². The molecule has 16 heavy (non-hydrogen) atoms. The van der Waals surface area contributed by atoms with Crippen LogP contribution in [0.25, 0.3) is 0 Å². The van der Waals surface area contributed by atoms with Gasteiger partial charge in [-0.05, 0) is 24.8 Å². The summed E-state index contributed by atoms with van der Waals surface area (Å²) >= 11 is 0. The molecule has 1 unspecified atom stereocenters. The molecule has 0 spiro atoms. The Balaban J connectivity index is 2.47. The van der Waals surface area contributed by atoms with Crippen molar-refractivity contribution in [2.75, 3.05) is 13.1 Å². The highest BCUT2D eigenvalue weighted by molar-refractivity contribution is 4.83. The number of likely N-dealkylation sites (N-methyl/N-ethyl adjacent to an activating group) is 1. The van der Waals surface area contributed by atoms with Gasteiger partial charge in [0.25, 0.3) is 0 Å². The van der Waals surface area contributed by atoms with Crippen LogP contribution in [-0.2, 0) is 0 Å². The summed E-state index contributed by atoms with van der Waals surface area (Å²) in [7, 11) is 0. The van der Waals surface area contributed by atoms with Gasteiger partial charge in [-0.2, -0.15) is 0 Å². The summed E-state index contributed by atoms with van der Waals surface area (Å²) in [5.41, 5.74) is 6.52. The molecule has 0 heterocycles. The average Bonchev–Trinajstić information content (AvgIpc) is 2.25. The second-order valence-corrected chi connectivity index (χ2v) is 6.35. The largest absolute Gasteiger partial charge is 0.326 e. The molecule has 1 rings (SSSR count). The minimum absolute atomic E-state index is 0.224. The summed E-state index contributed by atoms with van der Waals surface area (Å²) in [5.74, 6) is 0. The lowest BCUT2D eigenvalue weighted by molar-refractivity contribution is 0.129. The summed E-state index contributed by atoms with van der Waals surface area (Å²) in [6, 6.07) is 1.08. The van der Waals surface area contributed by atoms with Gasteiger partial charge >= 0.3 is 0 Å². The Morgan fingerprint density at radius 1 is 1.19 bits per heavy atom. The molecule has 0 aromatic rings. The second kappa shape index (κ2) is 6.02. The number of rotatable bonds is 4. The fourth-order valence-electron chi connectivity index (χ4n) is 2.51. The molecule has 0 radical (unpaired) electrons. The first-order chi connectivity index (χ1) is 7.45. The first-order valence-electron chi connectivity index (χ1n) is 6.94. The standard InChI is InChI=1S/C14H30N2/c1-5-16(11-13(15)14(2,3)4)12-9-7-6-8-10-12/h12-13H,5-11,15H2,1-4H3. The van der Waals surface area contributed by atoms with E-state index >= 15 is 0 Å². The van der Waals surface area contributed by atoms with E-state index < -0.39 is 0 Å². The molecule has 2 nitrogen and oxygen atoms in total. The maximum absolute atomic E-state index is 6.29. The Morgan fingerprint density at radius 3 is 2.19 bits per heavy atom. The molecular weight excluding hydrogens is 196 g/mol. The lowest BCUT2D eigenvalue weighted by Gasteiger charge is -2.38. The molecule has 0 aromatic heterocycles. The molecule has 0 saturated heterocycles. The van der Waals surface area contributed by atoms with Crippen LogP contribution in [0.1, 0.15) is 59.8 Å². The van der Waals surface area contributed by atoms with Crippen LogP contribution in [0.2, 0.25) is 0 Å². The van der Waals surface area contributed by atoms with Crippen LogP contribution in [0, 0.1) is 5.41 Å². The summed E-state index contributed by atoms with van der Waals surface area (Å²) in [5, 5.41) is 0. The van der Waals surface area contributed by atoms with Crippen molar-refractivity contribution >= 4 is 0 Å². The van der Waals surface area contributed by atoms with Crippen LogP contribution < -0.4 is 5.73 Å². The maximum atomic E-state index is 6.29. The van der Waals surface area contributed by atoms with Gasteiger partial charge in [-0.3, -0.25) is 4.90 Å². The van der Waals surface area contributed by atoms with Gasteiger partial charge in [0.2, 0.25) is 0 Å². The van der Waals surface area contributed by atoms with Crippen LogP contribution in [0.5, 0.6) is 0 Å². The molecule has 1 aliphatic rings. The first kappa shape index (κ1) is 14.0. The Hall–Kier alpha value is -0.0800. The van der Waals surface area contributed by atoms with E-state index in [2.05, 4.69) is 32.6 Å². The van der Waals surface area contributed by atoms with Gasteiger partial charge in [0.15, 0.2) is 0 Å². The monoisotopic (exact) mass is 226 g/mol. The highest BCUT2D eigenvalue weighted by Gasteiger charge is 2.26. The number of nitrogens with two attached hydrogens (primary N) is 1. The van der Waals surface area contributed by atoms with Gasteiger partial charge in [0.1, 0.15) is 0 Å². The third-order valence-corrected chi connectivity index (χ3v) is 4.04. The Bertz CT molecular complexity index is 189. The Kier molecular flexibility index (Phi) is 5.26. The van der Waals surface area contributed by atoms with E-state index in [1.165, 1.54) is 32.1 Å². The van der Waals surface area contributed by atoms with Gasteiger partial charge in [0.05, 0.1) is 0 Å². The van der Waals surface area contributed by atoms with Crippen molar-refractivity contribution in [1.82, 2.24) is 4.90 Å². The van der Waals surface area contributed by atoms with Gasteiger partial charge in [0, 0.05) is 18.6 Å². The summed E-state index contributed by atoms with van der Waals surface area (Å²) in [6.07, 6.45) is 7.01. The minimum Gasteiger partial charge on any atom is -0.326 e. The lowest BCUT2D eigenvalue weighted by atomic mass is 9.86. The fourth-order valence-corrected chi connectivity index (χ4v) is 2.51. The van der Waals surface area contributed by atoms with E-state index in [9.17, 15) is 0 Å². The van der Waals surface area contributed by atoms with E-state index in [4.69, 9.17) is 5.73 Å². The molecule has 1 aliphatic carbocycles. The summed E-state index contributed by atoms with van der Waals surface area (Å²) in [6.45, 7) is 11.2. The summed E-state index contributed by atoms with van der Waals surface area (Å²) in [4.78, 5) is 2.61. The van der Waals surface area contributed by atoms with E-state index in [1.807, 2.05) is 0 Å². The van der Waals surface area contributed by atoms with Crippen molar-refractivity contribution in [3.63, 3.8) is 0 Å². The lowest BCUT2D eigenvalue weighted by Crippen LogP contribution is -2.49. The molecular formula is C14H30N2. The topological polar surface area (TPSA) is 29.3 Å². The molecule has 1 atom stereocenters. The van der Waals surface area contributed by atoms with E-state index in [0.717, 1.165) is 19.1 Å². The fraction of sp³-hybridized carbons (Fsp3) is 1.00. The first-order valence-corrected chi connectivity index (χ1v) is 6.94. The molecule has 0 amide bonds. The summed E-state index contributed by atoms with van der Waals surface area (Å²) < 4.78 is 0. The van der Waals surface area contributed by atoms with Crippen molar-refractivity contribution in [1.29, 1.82) is 0 Å². The van der Waals surface area contributed by atoms with Crippen LogP contribution >= 0.6 is 0 Å². The van der Waals surface area contributed by atoms with Crippen LogP contribution in [0.3, 0.4) is 0 Å². The minimum atomic E-state index is 0.224. The second-order valence-electron chi connectivity index (χ2n) is 6.35. The Morgan fingerprint density at radius 2 is 1.75 bits per heavy atom. The van der Waals surface area contributed by atoms with Crippen molar-refractivity contribution in [3.8, 4) is 0 Å². The van der Waals surface area contributed by atoms with Crippen LogP contribution in [0.15, 0.2) is 0 Å². The van der Waals surface area contributed by atoms with Crippen molar-refractivity contribution in [2.45, 2.75) is 71.9 Å². The molecule has 0 bridgehead atoms. The quantitative estimate of drug-likeness (QED) is 0.798. The average molecular weight is 226 g/mol. The highest BCUT2D eigenvalue weighted by Crippen LogP contribution is 2.25. The zero-order valence-electron chi connectivity index (χ0n) is 11.6. The predicted octanol–water partition coefficient (Wildman–Crippen LogP) is 3.01. The maximum Gasteiger partial charge on any atom is 0.0217 e. The molecule has 1 fully saturated rings. The van der Waals surface area contributed by atoms with E-state index in [-0.39, 0.29) is 11.5 Å².